The number of amides is 1. The first-order valence-corrected chi connectivity index (χ1v) is 6.71. The molecule has 20 heavy (non-hydrogen) atoms. The number of hydrogen-bond donors (Lipinski definition) is 2. The number of benzene rings is 1. The van der Waals surface area contributed by atoms with Crippen molar-refractivity contribution in [2.45, 2.75) is 46.4 Å². The highest BCUT2D eigenvalue weighted by atomic mass is 16.6. The molecule has 0 saturated heterocycles. The minimum Gasteiger partial charge on any atom is -0.444 e. The van der Waals surface area contributed by atoms with E-state index >= 15 is 0 Å². The van der Waals surface area contributed by atoms with Crippen molar-refractivity contribution in [3.8, 4) is 0 Å². The molecule has 1 aliphatic heterocycles. The van der Waals surface area contributed by atoms with Crippen LogP contribution in [0.1, 0.15) is 38.8 Å². The lowest BCUT2D eigenvalue weighted by Gasteiger charge is -2.22. The van der Waals surface area contributed by atoms with Crippen molar-refractivity contribution in [3.05, 3.63) is 29.3 Å². The van der Waals surface area contributed by atoms with Gasteiger partial charge in [0.05, 0.1) is 12.4 Å². The number of rotatable bonds is 2. The van der Waals surface area contributed by atoms with Gasteiger partial charge >= 0.3 is 6.09 Å². The molecule has 0 bridgehead atoms. The average Bonchev–Trinajstić information content (AvgIpc) is 2.34. The van der Waals surface area contributed by atoms with E-state index in [-0.39, 0.29) is 0 Å². The van der Waals surface area contributed by atoms with Gasteiger partial charge < -0.3 is 15.4 Å². The summed E-state index contributed by atoms with van der Waals surface area (Å²) in [6.45, 7) is 8.57. The van der Waals surface area contributed by atoms with E-state index in [1.54, 1.807) is 0 Å². The van der Waals surface area contributed by atoms with Crippen LogP contribution >= 0.6 is 0 Å². The second kappa shape index (κ2) is 5.53. The van der Waals surface area contributed by atoms with Gasteiger partial charge in [-0.1, -0.05) is 18.2 Å². The molecule has 1 aromatic carbocycles. The van der Waals surface area contributed by atoms with Gasteiger partial charge in [0.1, 0.15) is 5.60 Å². The van der Waals surface area contributed by atoms with Gasteiger partial charge in [0.15, 0.2) is 0 Å². The molecule has 2 N–H and O–H groups in total. The molecule has 0 spiro atoms. The minimum absolute atomic E-state index is 0.406. The topological polar surface area (TPSA) is 62.7 Å². The molecule has 0 fully saturated rings. The van der Waals surface area contributed by atoms with Crippen LogP contribution in [0.5, 0.6) is 0 Å². The molecule has 0 aliphatic carbocycles. The van der Waals surface area contributed by atoms with Gasteiger partial charge in [-0.25, -0.2) is 4.79 Å². The smallest absolute Gasteiger partial charge is 0.407 e. The number of anilines is 1. The Kier molecular flexibility index (Phi) is 3.97. The molecule has 5 heteroatoms. The number of para-hydroxylation sites is 1. The van der Waals surface area contributed by atoms with Crippen molar-refractivity contribution in [3.63, 3.8) is 0 Å². The third kappa shape index (κ3) is 3.73. The fourth-order valence-corrected chi connectivity index (χ4v) is 2.00. The van der Waals surface area contributed by atoms with Crippen LogP contribution in [0.3, 0.4) is 0 Å². The van der Waals surface area contributed by atoms with E-state index in [1.807, 2.05) is 45.9 Å². The van der Waals surface area contributed by atoms with E-state index in [4.69, 9.17) is 4.74 Å². The summed E-state index contributed by atoms with van der Waals surface area (Å²) in [5.41, 5.74) is 2.72. The van der Waals surface area contributed by atoms with Crippen molar-refractivity contribution in [2.24, 2.45) is 4.99 Å². The van der Waals surface area contributed by atoms with Crippen LogP contribution in [0.2, 0.25) is 0 Å². The van der Waals surface area contributed by atoms with Crippen LogP contribution in [-0.4, -0.2) is 17.5 Å². The predicted molar refractivity (Wildman–Crippen MR) is 80.0 cm³/mol. The molecule has 0 unspecified atom stereocenters. The summed E-state index contributed by atoms with van der Waals surface area (Å²) in [6.07, 6.45) is -0.406. The first-order valence-electron chi connectivity index (χ1n) is 6.71. The number of hydrogen-bond acceptors (Lipinski definition) is 4. The molecule has 1 aliphatic rings. The summed E-state index contributed by atoms with van der Waals surface area (Å²) in [7, 11) is 0. The number of ether oxygens (including phenoxy) is 1. The van der Waals surface area contributed by atoms with Crippen molar-refractivity contribution < 1.29 is 9.53 Å². The first kappa shape index (κ1) is 14.4. The van der Waals surface area contributed by atoms with Gasteiger partial charge in [0, 0.05) is 12.2 Å². The molecule has 5 nitrogen and oxygen atoms in total. The highest BCUT2D eigenvalue weighted by Gasteiger charge is 2.17. The van der Waals surface area contributed by atoms with Crippen molar-refractivity contribution in [1.82, 2.24) is 5.32 Å². The van der Waals surface area contributed by atoms with Gasteiger partial charge in [0.2, 0.25) is 0 Å². The maximum absolute atomic E-state index is 11.7. The quantitative estimate of drug-likeness (QED) is 0.872. The van der Waals surface area contributed by atoms with Gasteiger partial charge in [-0.05, 0) is 38.8 Å². The lowest BCUT2D eigenvalue weighted by Crippen LogP contribution is -2.32. The van der Waals surface area contributed by atoms with E-state index in [2.05, 4.69) is 15.6 Å². The van der Waals surface area contributed by atoms with Crippen LogP contribution in [0, 0.1) is 0 Å². The van der Waals surface area contributed by atoms with Gasteiger partial charge in [-0.2, -0.15) is 0 Å². The zero-order chi connectivity index (χ0) is 14.8. The summed E-state index contributed by atoms with van der Waals surface area (Å²) < 4.78 is 5.23. The summed E-state index contributed by atoms with van der Waals surface area (Å²) in [6, 6.07) is 6.00. The Morgan fingerprint density at radius 2 is 2.20 bits per heavy atom. The molecule has 0 saturated carbocycles. The lowest BCUT2D eigenvalue weighted by molar-refractivity contribution is 0.0523. The Hall–Kier alpha value is -2.04. The molecule has 0 radical (unpaired) electrons. The van der Waals surface area contributed by atoms with Crippen molar-refractivity contribution in [1.29, 1.82) is 0 Å². The second-order valence-corrected chi connectivity index (χ2v) is 5.83. The van der Waals surface area contributed by atoms with Gasteiger partial charge in [-0.3, -0.25) is 4.99 Å². The highest BCUT2D eigenvalue weighted by Crippen LogP contribution is 2.25. The number of carbonyl (C=O) groups is 1. The monoisotopic (exact) mass is 275 g/mol. The summed E-state index contributed by atoms with van der Waals surface area (Å²) in [4.78, 5) is 16.0. The number of fused-ring (bicyclic) bond motifs is 1. The molecular weight excluding hydrogens is 254 g/mol. The van der Waals surface area contributed by atoms with Crippen molar-refractivity contribution >= 4 is 17.6 Å². The Balaban J connectivity index is 2.03. The normalized spacial score (nSPS) is 13.9. The maximum atomic E-state index is 11.7. The van der Waals surface area contributed by atoms with Crippen LogP contribution in [0.25, 0.3) is 0 Å². The van der Waals surface area contributed by atoms with Gasteiger partial charge in [0.25, 0.3) is 0 Å². The zero-order valence-electron chi connectivity index (χ0n) is 12.4. The Bertz CT molecular complexity index is 545. The molecule has 108 valence electrons. The van der Waals surface area contributed by atoms with E-state index in [0.717, 1.165) is 22.6 Å². The number of nitrogens with zero attached hydrogens (tertiary/aromatic N) is 1. The molecule has 0 atom stereocenters. The van der Waals surface area contributed by atoms with Crippen LogP contribution in [0.4, 0.5) is 10.5 Å². The maximum Gasteiger partial charge on any atom is 0.407 e. The summed E-state index contributed by atoms with van der Waals surface area (Å²) in [5, 5.41) is 6.04. The number of carbonyl (C=O) groups excluding carboxylic acids is 1. The third-order valence-corrected chi connectivity index (χ3v) is 2.85. The molecule has 1 aromatic rings. The molecule has 0 aromatic heterocycles. The molecule has 1 heterocycles. The zero-order valence-corrected chi connectivity index (χ0v) is 12.4. The fraction of sp³-hybridized carbons (Fsp3) is 0.467. The van der Waals surface area contributed by atoms with Crippen LogP contribution in [0.15, 0.2) is 23.2 Å². The van der Waals surface area contributed by atoms with E-state index < -0.39 is 11.7 Å². The largest absolute Gasteiger partial charge is 0.444 e. The second-order valence-electron chi connectivity index (χ2n) is 5.83. The first-order chi connectivity index (χ1) is 9.35. The van der Waals surface area contributed by atoms with Crippen LogP contribution < -0.4 is 10.6 Å². The summed E-state index contributed by atoms with van der Waals surface area (Å²) >= 11 is 0. The number of aliphatic imine (C=N–C) groups is 1. The predicted octanol–water partition coefficient (Wildman–Crippen LogP) is 3.06. The van der Waals surface area contributed by atoms with E-state index in [1.165, 1.54) is 0 Å². The summed E-state index contributed by atoms with van der Waals surface area (Å²) in [5.74, 6) is 0.891. The molecule has 2 rings (SSSR count). The number of amidine groups is 1. The number of alkyl carbamates (subject to hydrolysis) is 1. The lowest BCUT2D eigenvalue weighted by atomic mass is 10.1. The third-order valence-electron chi connectivity index (χ3n) is 2.85. The molecular formula is C15H21N3O2. The SMILES string of the molecule is CC1=NCc2cccc(CNC(=O)OC(C)(C)C)c2N1. The van der Waals surface area contributed by atoms with Crippen LogP contribution in [-0.2, 0) is 17.8 Å². The minimum atomic E-state index is -0.484. The standard InChI is InChI=1S/C15H21N3O2/c1-10-16-8-11-6-5-7-12(13(11)18-10)9-17-14(19)20-15(2,3)4/h5-7H,8-9H2,1-4H3,(H,16,18)(H,17,19). The fourth-order valence-electron chi connectivity index (χ4n) is 2.00. The number of nitrogens with one attached hydrogen (secondary N) is 2. The van der Waals surface area contributed by atoms with Gasteiger partial charge in [-0.15, -0.1) is 0 Å². The average molecular weight is 275 g/mol. The Morgan fingerprint density at radius 1 is 1.45 bits per heavy atom. The molecule has 1 amide bonds. The van der Waals surface area contributed by atoms with Crippen molar-refractivity contribution in [2.75, 3.05) is 5.32 Å². The Morgan fingerprint density at radius 3 is 2.90 bits per heavy atom. The Labute approximate surface area is 119 Å². The van der Waals surface area contributed by atoms with E-state index in [9.17, 15) is 4.79 Å². The highest BCUT2D eigenvalue weighted by molar-refractivity contribution is 5.96. The van der Waals surface area contributed by atoms with E-state index in [0.29, 0.717) is 13.1 Å².